The number of rotatable bonds is 4. The molecule has 2 aromatic rings. The molecule has 0 aromatic carbocycles. The second kappa shape index (κ2) is 6.94. The first-order valence-electron chi connectivity index (χ1n) is 8.29. The fraction of sp³-hybridized carbons (Fsp3) is 0.500. The summed E-state index contributed by atoms with van der Waals surface area (Å²) < 4.78 is 1.81. The third-order valence-corrected chi connectivity index (χ3v) is 4.51. The van der Waals surface area contributed by atoms with Crippen LogP contribution in [0.15, 0.2) is 30.6 Å². The van der Waals surface area contributed by atoms with E-state index >= 15 is 0 Å². The molecule has 1 aliphatic heterocycles. The number of piperidine rings is 1. The van der Waals surface area contributed by atoms with E-state index in [-0.39, 0.29) is 5.91 Å². The van der Waals surface area contributed by atoms with Gasteiger partial charge in [-0.3, -0.25) is 14.5 Å². The number of hydrogen-bond donors (Lipinski definition) is 0. The van der Waals surface area contributed by atoms with Crippen molar-refractivity contribution < 1.29 is 4.79 Å². The average Bonchev–Trinajstić information content (AvgIpc) is 2.86. The highest BCUT2D eigenvalue weighted by atomic mass is 16.2. The van der Waals surface area contributed by atoms with E-state index in [9.17, 15) is 4.79 Å². The molecule has 0 unspecified atom stereocenters. The molecule has 1 fully saturated rings. The van der Waals surface area contributed by atoms with E-state index in [1.807, 2.05) is 41.8 Å². The number of likely N-dealkylation sites (tertiary alicyclic amines) is 1. The zero-order valence-corrected chi connectivity index (χ0v) is 13.9. The number of aryl methyl sites for hydroxylation is 2. The molecule has 122 valence electrons. The lowest BCUT2D eigenvalue weighted by molar-refractivity contribution is -0.133. The van der Waals surface area contributed by atoms with Crippen LogP contribution >= 0.6 is 0 Å². The Hall–Kier alpha value is -2.17. The zero-order valence-electron chi connectivity index (χ0n) is 13.9. The minimum atomic E-state index is 0.173. The molecule has 0 spiro atoms. The molecular weight excluding hydrogens is 288 g/mol. The molecule has 3 heterocycles. The normalized spacial score (nSPS) is 18.2. The highest BCUT2D eigenvalue weighted by Crippen LogP contribution is 2.21. The van der Waals surface area contributed by atoms with Crippen LogP contribution in [0.4, 0.5) is 0 Å². The molecule has 1 aliphatic rings. The molecule has 1 saturated heterocycles. The summed E-state index contributed by atoms with van der Waals surface area (Å²) in [4.78, 5) is 18.8. The summed E-state index contributed by atoms with van der Waals surface area (Å²) in [5.41, 5.74) is 3.26. The Morgan fingerprint density at radius 1 is 1.39 bits per heavy atom. The lowest BCUT2D eigenvalue weighted by Gasteiger charge is -2.33. The standard InChI is InChI=1S/C18H24N4O/c1-14-9-15(2)22(20-14)13-18(23)21-8-4-6-17(12-21)10-16-5-3-7-19-11-16/h3,5,7,9,11,17H,4,6,8,10,12-13H2,1-2H3/t17-/m0/s1. The van der Waals surface area contributed by atoms with Crippen LogP contribution in [0.3, 0.4) is 0 Å². The van der Waals surface area contributed by atoms with Gasteiger partial charge in [-0.15, -0.1) is 0 Å². The first-order valence-corrected chi connectivity index (χ1v) is 8.29. The molecule has 3 rings (SSSR count). The second-order valence-corrected chi connectivity index (χ2v) is 6.50. The maximum atomic E-state index is 12.6. The van der Waals surface area contributed by atoms with E-state index in [0.717, 1.165) is 37.3 Å². The Morgan fingerprint density at radius 3 is 2.96 bits per heavy atom. The summed E-state index contributed by atoms with van der Waals surface area (Å²) in [6.07, 6.45) is 6.98. The quantitative estimate of drug-likeness (QED) is 0.871. The Bertz CT molecular complexity index is 665. The topological polar surface area (TPSA) is 51.0 Å². The maximum Gasteiger partial charge on any atom is 0.244 e. The van der Waals surface area contributed by atoms with Crippen LogP contribution in [0.25, 0.3) is 0 Å². The van der Waals surface area contributed by atoms with Crippen LogP contribution in [-0.4, -0.2) is 38.7 Å². The predicted octanol–water partition coefficient (Wildman–Crippen LogP) is 2.38. The SMILES string of the molecule is Cc1cc(C)n(CC(=O)N2CCC[C@@H](Cc3cccnc3)C2)n1. The van der Waals surface area contributed by atoms with E-state index in [1.165, 1.54) is 12.0 Å². The van der Waals surface area contributed by atoms with Gasteiger partial charge in [-0.25, -0.2) is 0 Å². The molecule has 5 nitrogen and oxygen atoms in total. The summed E-state index contributed by atoms with van der Waals surface area (Å²) in [5.74, 6) is 0.699. The van der Waals surface area contributed by atoms with Gasteiger partial charge in [-0.1, -0.05) is 6.07 Å². The van der Waals surface area contributed by atoms with Gasteiger partial charge >= 0.3 is 0 Å². The van der Waals surface area contributed by atoms with E-state index < -0.39 is 0 Å². The number of carbonyl (C=O) groups is 1. The molecule has 0 aliphatic carbocycles. The molecule has 0 radical (unpaired) electrons. The van der Waals surface area contributed by atoms with Crippen molar-refractivity contribution in [3.8, 4) is 0 Å². The Morgan fingerprint density at radius 2 is 2.26 bits per heavy atom. The van der Waals surface area contributed by atoms with Crippen LogP contribution in [-0.2, 0) is 17.8 Å². The minimum absolute atomic E-state index is 0.173. The van der Waals surface area contributed by atoms with Gasteiger partial charge in [0.2, 0.25) is 5.91 Å². The van der Waals surface area contributed by atoms with E-state index in [2.05, 4.69) is 16.1 Å². The van der Waals surface area contributed by atoms with Gasteiger partial charge in [-0.2, -0.15) is 5.10 Å². The molecular formula is C18H24N4O. The van der Waals surface area contributed by atoms with Crippen molar-refractivity contribution in [3.05, 3.63) is 47.5 Å². The van der Waals surface area contributed by atoms with Gasteiger partial charge in [0.15, 0.2) is 0 Å². The predicted molar refractivity (Wildman–Crippen MR) is 88.9 cm³/mol. The van der Waals surface area contributed by atoms with Gasteiger partial charge < -0.3 is 4.90 Å². The first kappa shape index (κ1) is 15.7. The van der Waals surface area contributed by atoms with Crippen molar-refractivity contribution >= 4 is 5.91 Å². The smallest absolute Gasteiger partial charge is 0.244 e. The molecule has 0 bridgehead atoms. The van der Waals surface area contributed by atoms with Crippen molar-refractivity contribution in [1.29, 1.82) is 0 Å². The van der Waals surface area contributed by atoms with Crippen molar-refractivity contribution in [2.24, 2.45) is 5.92 Å². The van der Waals surface area contributed by atoms with Crippen molar-refractivity contribution in [2.75, 3.05) is 13.1 Å². The van der Waals surface area contributed by atoms with E-state index in [4.69, 9.17) is 0 Å². The minimum Gasteiger partial charge on any atom is -0.341 e. The first-order chi connectivity index (χ1) is 11.1. The summed E-state index contributed by atoms with van der Waals surface area (Å²) in [6.45, 7) is 6.00. The Labute approximate surface area is 137 Å². The summed E-state index contributed by atoms with van der Waals surface area (Å²) >= 11 is 0. The summed E-state index contributed by atoms with van der Waals surface area (Å²) in [7, 11) is 0. The van der Waals surface area contributed by atoms with Crippen LogP contribution < -0.4 is 0 Å². The lowest BCUT2D eigenvalue weighted by atomic mass is 9.92. The average molecular weight is 312 g/mol. The summed E-state index contributed by atoms with van der Waals surface area (Å²) in [6, 6.07) is 6.10. The number of pyridine rings is 1. The van der Waals surface area contributed by atoms with Crippen molar-refractivity contribution in [2.45, 2.75) is 39.7 Å². The van der Waals surface area contributed by atoms with Crippen LogP contribution in [0, 0.1) is 19.8 Å². The lowest BCUT2D eigenvalue weighted by Crippen LogP contribution is -2.42. The Kier molecular flexibility index (Phi) is 4.74. The number of amides is 1. The van der Waals surface area contributed by atoms with Gasteiger partial charge in [0.1, 0.15) is 6.54 Å². The number of hydrogen-bond acceptors (Lipinski definition) is 3. The van der Waals surface area contributed by atoms with Gasteiger partial charge in [0.25, 0.3) is 0 Å². The molecule has 1 amide bonds. The summed E-state index contributed by atoms with van der Waals surface area (Å²) in [5, 5.41) is 4.39. The van der Waals surface area contributed by atoms with Crippen LogP contribution in [0.5, 0.6) is 0 Å². The molecule has 23 heavy (non-hydrogen) atoms. The third-order valence-electron chi connectivity index (χ3n) is 4.51. The highest BCUT2D eigenvalue weighted by molar-refractivity contribution is 5.76. The second-order valence-electron chi connectivity index (χ2n) is 6.50. The highest BCUT2D eigenvalue weighted by Gasteiger charge is 2.24. The number of nitrogens with zero attached hydrogens (tertiary/aromatic N) is 4. The molecule has 0 N–H and O–H groups in total. The molecule has 2 aromatic heterocycles. The van der Waals surface area contributed by atoms with E-state index in [0.29, 0.717) is 12.5 Å². The van der Waals surface area contributed by atoms with Crippen LogP contribution in [0.2, 0.25) is 0 Å². The van der Waals surface area contributed by atoms with E-state index in [1.54, 1.807) is 6.20 Å². The van der Waals surface area contributed by atoms with Gasteiger partial charge in [0.05, 0.1) is 5.69 Å². The van der Waals surface area contributed by atoms with Gasteiger partial charge in [-0.05, 0) is 56.7 Å². The Balaban J connectivity index is 1.59. The largest absolute Gasteiger partial charge is 0.341 e. The fourth-order valence-corrected chi connectivity index (χ4v) is 3.37. The van der Waals surface area contributed by atoms with Gasteiger partial charge in [0, 0.05) is 31.2 Å². The molecule has 1 atom stereocenters. The zero-order chi connectivity index (χ0) is 16.2. The number of carbonyl (C=O) groups excluding carboxylic acids is 1. The van der Waals surface area contributed by atoms with Crippen LogP contribution in [0.1, 0.15) is 29.8 Å². The molecule has 0 saturated carbocycles. The van der Waals surface area contributed by atoms with Crippen molar-refractivity contribution in [1.82, 2.24) is 19.7 Å². The number of aromatic nitrogens is 3. The van der Waals surface area contributed by atoms with Crippen molar-refractivity contribution in [3.63, 3.8) is 0 Å². The third kappa shape index (κ3) is 3.97. The maximum absolute atomic E-state index is 12.6. The molecule has 5 heteroatoms. The fourth-order valence-electron chi connectivity index (χ4n) is 3.37. The monoisotopic (exact) mass is 312 g/mol.